The molecule has 0 saturated heterocycles. The van der Waals surface area contributed by atoms with Crippen molar-refractivity contribution in [2.24, 2.45) is 0 Å². The summed E-state index contributed by atoms with van der Waals surface area (Å²) in [5, 5.41) is 21.1. The fourth-order valence-corrected chi connectivity index (χ4v) is 1.17. The van der Waals surface area contributed by atoms with Crippen LogP contribution in [-0.4, -0.2) is 30.5 Å². The largest absolute Gasteiger partial charge is 0.508 e. The van der Waals surface area contributed by atoms with Gasteiger partial charge in [0.1, 0.15) is 11.5 Å². The van der Waals surface area contributed by atoms with Gasteiger partial charge in [-0.1, -0.05) is 0 Å². The molecule has 0 radical (unpaired) electrons. The summed E-state index contributed by atoms with van der Waals surface area (Å²) in [6, 6.07) is 3.33. The quantitative estimate of drug-likeness (QED) is 0.676. The van der Waals surface area contributed by atoms with Gasteiger partial charge in [0.15, 0.2) is 0 Å². The average Bonchev–Trinajstić information content (AvgIpc) is 2.19. The Hall–Kier alpha value is -1.42. The van der Waals surface area contributed by atoms with Crippen LogP contribution in [0.3, 0.4) is 0 Å². The van der Waals surface area contributed by atoms with E-state index >= 15 is 0 Å². The normalized spacial score (nSPS) is 9.93. The number of nitrogens with one attached hydrogen (secondary N) is 1. The molecular formula is C10H15NO3. The highest BCUT2D eigenvalue weighted by Gasteiger charge is 2.06. The zero-order valence-corrected chi connectivity index (χ0v) is 8.37. The number of hydrogen-bond donors (Lipinski definition) is 3. The summed E-state index contributed by atoms with van der Waals surface area (Å²) in [6.07, 6.45) is 0. The first kappa shape index (κ1) is 10.7. The number of phenols is 1. The summed E-state index contributed by atoms with van der Waals surface area (Å²) in [5.41, 5.74) is 1.45. The molecule has 14 heavy (non-hydrogen) atoms. The number of aryl methyl sites for hydroxylation is 1. The number of methoxy groups -OCH3 is 1. The number of aliphatic hydroxyl groups is 1. The second-order valence-corrected chi connectivity index (χ2v) is 2.99. The Balaban J connectivity index is 2.95. The van der Waals surface area contributed by atoms with E-state index in [0.717, 1.165) is 5.56 Å². The standard InChI is InChI=1S/C10H15NO3/c1-7-5-10(14-2)8(6-9(7)13)11-3-4-12/h5-6,11-13H,3-4H2,1-2H3. The summed E-state index contributed by atoms with van der Waals surface area (Å²) in [5.74, 6) is 0.875. The molecule has 3 N–H and O–H groups in total. The summed E-state index contributed by atoms with van der Waals surface area (Å²) < 4.78 is 5.12. The van der Waals surface area contributed by atoms with Crippen molar-refractivity contribution in [3.05, 3.63) is 17.7 Å². The van der Waals surface area contributed by atoms with Gasteiger partial charge in [-0.15, -0.1) is 0 Å². The van der Waals surface area contributed by atoms with Gasteiger partial charge in [0.25, 0.3) is 0 Å². The van der Waals surface area contributed by atoms with E-state index in [1.807, 2.05) is 0 Å². The molecule has 0 aliphatic heterocycles. The molecule has 1 rings (SSSR count). The SMILES string of the molecule is COc1cc(C)c(O)cc1NCCO. The third-order valence-electron chi connectivity index (χ3n) is 1.95. The van der Waals surface area contributed by atoms with Crippen LogP contribution in [0.4, 0.5) is 5.69 Å². The van der Waals surface area contributed by atoms with Gasteiger partial charge in [0.05, 0.1) is 19.4 Å². The van der Waals surface area contributed by atoms with Crippen molar-refractivity contribution in [3.63, 3.8) is 0 Å². The smallest absolute Gasteiger partial charge is 0.142 e. The Morgan fingerprint density at radius 3 is 2.71 bits per heavy atom. The first-order chi connectivity index (χ1) is 6.69. The van der Waals surface area contributed by atoms with Crippen LogP contribution in [0.5, 0.6) is 11.5 Å². The predicted octanol–water partition coefficient (Wildman–Crippen LogP) is 1.11. The molecule has 4 nitrogen and oxygen atoms in total. The summed E-state index contributed by atoms with van der Waals surface area (Å²) in [4.78, 5) is 0. The molecule has 0 bridgehead atoms. The average molecular weight is 197 g/mol. The Labute approximate surface area is 83.1 Å². The van der Waals surface area contributed by atoms with Gasteiger partial charge in [0, 0.05) is 12.6 Å². The molecule has 0 aromatic heterocycles. The number of aliphatic hydroxyl groups excluding tert-OH is 1. The van der Waals surface area contributed by atoms with Gasteiger partial charge in [-0.3, -0.25) is 0 Å². The third-order valence-corrected chi connectivity index (χ3v) is 1.95. The predicted molar refractivity (Wildman–Crippen MR) is 55.0 cm³/mol. The lowest BCUT2D eigenvalue weighted by Crippen LogP contribution is -2.06. The first-order valence-electron chi connectivity index (χ1n) is 4.41. The molecule has 0 aliphatic rings. The summed E-state index contributed by atoms with van der Waals surface area (Å²) in [7, 11) is 1.57. The molecule has 1 aromatic carbocycles. The monoisotopic (exact) mass is 197 g/mol. The maximum absolute atomic E-state index is 9.46. The van der Waals surface area contributed by atoms with Gasteiger partial charge in [-0.05, 0) is 18.6 Å². The van der Waals surface area contributed by atoms with Crippen LogP contribution in [-0.2, 0) is 0 Å². The maximum atomic E-state index is 9.46. The maximum Gasteiger partial charge on any atom is 0.142 e. The lowest BCUT2D eigenvalue weighted by Gasteiger charge is -2.12. The number of rotatable bonds is 4. The fraction of sp³-hybridized carbons (Fsp3) is 0.400. The van der Waals surface area contributed by atoms with Crippen molar-refractivity contribution >= 4 is 5.69 Å². The van der Waals surface area contributed by atoms with E-state index in [1.54, 1.807) is 26.2 Å². The van der Waals surface area contributed by atoms with E-state index in [1.165, 1.54) is 0 Å². The van der Waals surface area contributed by atoms with E-state index in [-0.39, 0.29) is 12.4 Å². The zero-order chi connectivity index (χ0) is 10.6. The highest BCUT2D eigenvalue weighted by atomic mass is 16.5. The van der Waals surface area contributed by atoms with Crippen LogP contribution in [0, 0.1) is 6.92 Å². The highest BCUT2D eigenvalue weighted by molar-refractivity contribution is 5.61. The molecule has 0 unspecified atom stereocenters. The molecule has 0 saturated carbocycles. The number of benzene rings is 1. The Kier molecular flexibility index (Phi) is 3.59. The minimum absolute atomic E-state index is 0.0395. The van der Waals surface area contributed by atoms with Crippen molar-refractivity contribution < 1.29 is 14.9 Å². The lowest BCUT2D eigenvalue weighted by molar-refractivity contribution is 0.310. The number of aromatic hydroxyl groups is 1. The number of hydrogen-bond acceptors (Lipinski definition) is 4. The zero-order valence-electron chi connectivity index (χ0n) is 8.37. The van der Waals surface area contributed by atoms with E-state index in [4.69, 9.17) is 9.84 Å². The molecule has 0 spiro atoms. The van der Waals surface area contributed by atoms with Crippen molar-refractivity contribution in [1.82, 2.24) is 0 Å². The van der Waals surface area contributed by atoms with Crippen LogP contribution in [0.25, 0.3) is 0 Å². The van der Waals surface area contributed by atoms with E-state index in [2.05, 4.69) is 5.32 Å². The van der Waals surface area contributed by atoms with E-state index in [9.17, 15) is 5.11 Å². The Bertz CT molecular complexity index is 312. The van der Waals surface area contributed by atoms with Gasteiger partial charge in [0.2, 0.25) is 0 Å². The van der Waals surface area contributed by atoms with Gasteiger partial charge >= 0.3 is 0 Å². The lowest BCUT2D eigenvalue weighted by atomic mass is 10.2. The van der Waals surface area contributed by atoms with Crippen molar-refractivity contribution in [2.45, 2.75) is 6.92 Å². The molecule has 4 heteroatoms. The van der Waals surface area contributed by atoms with Crippen LogP contribution >= 0.6 is 0 Å². The third kappa shape index (κ3) is 2.29. The van der Waals surface area contributed by atoms with Gasteiger partial charge in [-0.25, -0.2) is 0 Å². The fourth-order valence-electron chi connectivity index (χ4n) is 1.17. The van der Waals surface area contributed by atoms with E-state index < -0.39 is 0 Å². The number of ether oxygens (including phenoxy) is 1. The molecule has 0 heterocycles. The van der Waals surface area contributed by atoms with Gasteiger partial charge in [-0.2, -0.15) is 0 Å². The van der Waals surface area contributed by atoms with Crippen molar-refractivity contribution in [1.29, 1.82) is 0 Å². The van der Waals surface area contributed by atoms with Crippen molar-refractivity contribution in [3.8, 4) is 11.5 Å². The molecule has 0 fully saturated rings. The summed E-state index contributed by atoms with van der Waals surface area (Å²) >= 11 is 0. The topological polar surface area (TPSA) is 61.7 Å². The number of anilines is 1. The van der Waals surface area contributed by atoms with Crippen LogP contribution in [0.1, 0.15) is 5.56 Å². The Morgan fingerprint density at radius 1 is 1.43 bits per heavy atom. The molecule has 1 aromatic rings. The Morgan fingerprint density at radius 2 is 2.14 bits per heavy atom. The second kappa shape index (κ2) is 4.72. The molecule has 0 amide bonds. The minimum Gasteiger partial charge on any atom is -0.508 e. The summed E-state index contributed by atoms with van der Waals surface area (Å²) in [6.45, 7) is 2.27. The van der Waals surface area contributed by atoms with Gasteiger partial charge < -0.3 is 20.3 Å². The molecular weight excluding hydrogens is 182 g/mol. The van der Waals surface area contributed by atoms with E-state index in [0.29, 0.717) is 18.0 Å². The second-order valence-electron chi connectivity index (χ2n) is 2.99. The van der Waals surface area contributed by atoms with Crippen molar-refractivity contribution in [2.75, 3.05) is 25.6 Å². The highest BCUT2D eigenvalue weighted by Crippen LogP contribution is 2.31. The number of phenolic OH excluding ortho intramolecular Hbond substituents is 1. The molecule has 0 atom stereocenters. The van der Waals surface area contributed by atoms with Crippen LogP contribution in [0.2, 0.25) is 0 Å². The minimum atomic E-state index is 0.0395. The van der Waals surface area contributed by atoms with Crippen LogP contribution in [0.15, 0.2) is 12.1 Å². The first-order valence-corrected chi connectivity index (χ1v) is 4.41. The van der Waals surface area contributed by atoms with Crippen LogP contribution < -0.4 is 10.1 Å². The molecule has 0 aliphatic carbocycles. The molecule has 78 valence electrons.